The highest BCUT2D eigenvalue weighted by Crippen LogP contribution is 2.31. The number of aryl methyl sites for hydroxylation is 3. The summed E-state index contributed by atoms with van der Waals surface area (Å²) in [6.45, 7) is 4.38. The van der Waals surface area contributed by atoms with Gasteiger partial charge in [0.2, 0.25) is 0 Å². The fourth-order valence-electron chi connectivity index (χ4n) is 3.11. The Labute approximate surface area is 168 Å². The van der Waals surface area contributed by atoms with Crippen molar-refractivity contribution in [2.75, 3.05) is 6.61 Å². The molecule has 1 N–H and O–H groups in total. The standard InChI is InChI=1S/C21H24ClNO3S/c1-14-6-8-15(9-7-14)4-3-5-17(24)19-12-16(22)18(27-19)10-11-21(2)13-26-20(25)23-21/h6-9,12H,3-5,10-11,13H2,1-2H3,(H,23,25)/t21-/m1/s1. The van der Waals surface area contributed by atoms with Crippen LogP contribution in [0.4, 0.5) is 4.79 Å². The van der Waals surface area contributed by atoms with Crippen molar-refractivity contribution < 1.29 is 14.3 Å². The van der Waals surface area contributed by atoms with Gasteiger partial charge < -0.3 is 10.1 Å². The van der Waals surface area contributed by atoms with Gasteiger partial charge >= 0.3 is 6.09 Å². The number of benzene rings is 1. The number of Topliss-reactive ketones (excluding diaryl/α,β-unsaturated/α-hetero) is 1. The lowest BCUT2D eigenvalue weighted by Crippen LogP contribution is -2.40. The first-order valence-electron chi connectivity index (χ1n) is 9.16. The van der Waals surface area contributed by atoms with Crippen molar-refractivity contribution in [1.29, 1.82) is 0 Å². The maximum absolute atomic E-state index is 12.5. The second kappa shape index (κ2) is 8.44. The zero-order chi connectivity index (χ0) is 19.4. The minimum absolute atomic E-state index is 0.143. The highest BCUT2D eigenvalue weighted by atomic mass is 35.5. The Bertz CT molecular complexity index is 830. The summed E-state index contributed by atoms with van der Waals surface area (Å²) in [5.41, 5.74) is 2.13. The molecule has 0 aliphatic carbocycles. The van der Waals surface area contributed by atoms with Gasteiger partial charge in [0, 0.05) is 11.3 Å². The minimum Gasteiger partial charge on any atom is -0.447 e. The highest BCUT2D eigenvalue weighted by molar-refractivity contribution is 7.14. The molecule has 1 fully saturated rings. The van der Waals surface area contributed by atoms with Crippen LogP contribution in [-0.2, 0) is 17.6 Å². The Morgan fingerprint density at radius 2 is 2.04 bits per heavy atom. The molecule has 1 aliphatic heterocycles. The van der Waals surface area contributed by atoms with E-state index in [4.69, 9.17) is 16.3 Å². The van der Waals surface area contributed by atoms with Gasteiger partial charge in [-0.2, -0.15) is 0 Å². The first-order valence-corrected chi connectivity index (χ1v) is 10.4. The molecule has 4 nitrogen and oxygen atoms in total. The number of ketones is 1. The molecule has 1 aromatic carbocycles. The van der Waals surface area contributed by atoms with E-state index in [-0.39, 0.29) is 17.4 Å². The van der Waals surface area contributed by atoms with Gasteiger partial charge in [0.1, 0.15) is 6.61 Å². The van der Waals surface area contributed by atoms with E-state index in [0.717, 1.165) is 29.0 Å². The number of nitrogens with one attached hydrogen (secondary N) is 1. The van der Waals surface area contributed by atoms with E-state index in [0.29, 0.717) is 24.5 Å². The Morgan fingerprint density at radius 1 is 1.30 bits per heavy atom. The van der Waals surface area contributed by atoms with Crippen LogP contribution < -0.4 is 5.32 Å². The molecule has 3 rings (SSSR count). The molecule has 144 valence electrons. The van der Waals surface area contributed by atoms with E-state index < -0.39 is 0 Å². The summed E-state index contributed by atoms with van der Waals surface area (Å²) in [6, 6.07) is 10.2. The highest BCUT2D eigenvalue weighted by Gasteiger charge is 2.34. The number of ether oxygens (including phenoxy) is 1. The average Bonchev–Trinajstić information content (AvgIpc) is 3.17. The van der Waals surface area contributed by atoms with E-state index in [1.807, 2.05) is 6.92 Å². The SMILES string of the molecule is Cc1ccc(CCCC(=O)c2cc(Cl)c(CC[C@]3(C)COC(=O)N3)s2)cc1. The van der Waals surface area contributed by atoms with Crippen LogP contribution >= 0.6 is 22.9 Å². The van der Waals surface area contributed by atoms with Gasteiger partial charge in [-0.1, -0.05) is 41.4 Å². The Balaban J connectivity index is 1.51. The molecular formula is C21H24ClNO3S. The molecule has 0 saturated carbocycles. The van der Waals surface area contributed by atoms with Crippen molar-refractivity contribution in [3.05, 3.63) is 56.2 Å². The normalized spacial score (nSPS) is 19.0. The zero-order valence-electron chi connectivity index (χ0n) is 15.6. The summed E-state index contributed by atoms with van der Waals surface area (Å²) in [4.78, 5) is 25.4. The van der Waals surface area contributed by atoms with Crippen molar-refractivity contribution in [2.24, 2.45) is 0 Å². The number of carbonyl (C=O) groups is 2. The molecule has 1 aromatic heterocycles. The number of thiophene rings is 1. The quantitative estimate of drug-likeness (QED) is 0.602. The van der Waals surface area contributed by atoms with Crippen LogP contribution in [0.1, 0.15) is 51.9 Å². The van der Waals surface area contributed by atoms with Crippen molar-refractivity contribution in [3.63, 3.8) is 0 Å². The van der Waals surface area contributed by atoms with Crippen LogP contribution in [0, 0.1) is 6.92 Å². The Morgan fingerprint density at radius 3 is 2.70 bits per heavy atom. The molecule has 0 unspecified atom stereocenters. The van der Waals surface area contributed by atoms with Crippen LogP contribution in [0.5, 0.6) is 0 Å². The minimum atomic E-state index is -0.376. The van der Waals surface area contributed by atoms with Gasteiger partial charge in [-0.05, 0) is 51.2 Å². The molecule has 0 radical (unpaired) electrons. The first-order chi connectivity index (χ1) is 12.8. The molecule has 1 amide bonds. The van der Waals surface area contributed by atoms with Crippen molar-refractivity contribution in [1.82, 2.24) is 5.32 Å². The lowest BCUT2D eigenvalue weighted by Gasteiger charge is -2.20. The van der Waals surface area contributed by atoms with Crippen molar-refractivity contribution >= 4 is 34.8 Å². The van der Waals surface area contributed by atoms with E-state index >= 15 is 0 Å². The summed E-state index contributed by atoms with van der Waals surface area (Å²) in [5.74, 6) is 0.143. The molecule has 1 atom stereocenters. The number of hydrogen-bond donors (Lipinski definition) is 1. The van der Waals surface area contributed by atoms with Crippen LogP contribution in [0.2, 0.25) is 5.02 Å². The van der Waals surface area contributed by atoms with Gasteiger partial charge in [-0.3, -0.25) is 4.79 Å². The molecule has 6 heteroatoms. The van der Waals surface area contributed by atoms with Crippen LogP contribution in [-0.4, -0.2) is 24.0 Å². The lowest BCUT2D eigenvalue weighted by atomic mass is 9.97. The maximum atomic E-state index is 12.5. The predicted octanol–water partition coefficient (Wildman–Crippen LogP) is 5.35. The summed E-state index contributed by atoms with van der Waals surface area (Å²) >= 11 is 7.80. The van der Waals surface area contributed by atoms with Crippen LogP contribution in [0.25, 0.3) is 0 Å². The third-order valence-electron chi connectivity index (χ3n) is 4.85. The zero-order valence-corrected chi connectivity index (χ0v) is 17.2. The predicted molar refractivity (Wildman–Crippen MR) is 109 cm³/mol. The smallest absolute Gasteiger partial charge is 0.407 e. The van der Waals surface area contributed by atoms with Crippen LogP contribution in [0.3, 0.4) is 0 Å². The maximum Gasteiger partial charge on any atom is 0.407 e. The van der Waals surface area contributed by atoms with Gasteiger partial charge in [0.15, 0.2) is 5.78 Å². The fourth-order valence-corrected chi connectivity index (χ4v) is 4.52. The second-order valence-corrected chi connectivity index (χ2v) is 8.95. The number of halogens is 1. The molecule has 0 spiro atoms. The molecule has 2 aromatic rings. The van der Waals surface area contributed by atoms with Gasteiger partial charge in [-0.25, -0.2) is 4.79 Å². The van der Waals surface area contributed by atoms with Crippen LogP contribution in [0.15, 0.2) is 30.3 Å². The number of cyclic esters (lactones) is 1. The lowest BCUT2D eigenvalue weighted by molar-refractivity contribution is 0.0984. The molecular weight excluding hydrogens is 382 g/mol. The number of alkyl carbamates (subject to hydrolysis) is 1. The molecule has 27 heavy (non-hydrogen) atoms. The van der Waals surface area contributed by atoms with E-state index in [1.54, 1.807) is 6.07 Å². The van der Waals surface area contributed by atoms with E-state index in [9.17, 15) is 9.59 Å². The van der Waals surface area contributed by atoms with Gasteiger partial charge in [0.05, 0.1) is 15.4 Å². The number of hydrogen-bond acceptors (Lipinski definition) is 4. The average molecular weight is 406 g/mol. The number of amides is 1. The molecule has 1 saturated heterocycles. The van der Waals surface area contributed by atoms with E-state index in [2.05, 4.69) is 36.5 Å². The summed E-state index contributed by atoms with van der Waals surface area (Å²) < 4.78 is 4.98. The molecule has 1 aliphatic rings. The largest absolute Gasteiger partial charge is 0.447 e. The van der Waals surface area contributed by atoms with E-state index in [1.165, 1.54) is 22.5 Å². The van der Waals surface area contributed by atoms with Crippen molar-refractivity contribution in [2.45, 2.75) is 51.5 Å². The number of rotatable bonds is 8. The Kier molecular flexibility index (Phi) is 6.22. The molecule has 0 bridgehead atoms. The third kappa shape index (κ3) is 5.33. The second-order valence-electron chi connectivity index (χ2n) is 7.41. The Hall–Kier alpha value is -1.85. The number of carbonyl (C=O) groups excluding carboxylic acids is 2. The summed E-state index contributed by atoms with van der Waals surface area (Å²) in [5, 5.41) is 3.46. The monoisotopic (exact) mass is 405 g/mol. The summed E-state index contributed by atoms with van der Waals surface area (Å²) in [7, 11) is 0. The van der Waals surface area contributed by atoms with Crippen molar-refractivity contribution in [3.8, 4) is 0 Å². The topological polar surface area (TPSA) is 55.4 Å². The van der Waals surface area contributed by atoms with Gasteiger partial charge in [-0.15, -0.1) is 11.3 Å². The third-order valence-corrected chi connectivity index (χ3v) is 6.54. The molecule has 2 heterocycles. The summed E-state index contributed by atoms with van der Waals surface area (Å²) in [6.07, 6.45) is 3.30. The first kappa shape index (κ1) is 19.9. The van der Waals surface area contributed by atoms with Gasteiger partial charge in [0.25, 0.3) is 0 Å². The fraction of sp³-hybridized carbons (Fsp3) is 0.429.